The lowest BCUT2D eigenvalue weighted by molar-refractivity contribution is 0.0715. The molecule has 8 nitrogen and oxygen atoms in total. The number of piperidine rings is 1. The summed E-state index contributed by atoms with van der Waals surface area (Å²) in [6.45, 7) is 8.98. The molecule has 3 rings (SSSR count). The van der Waals surface area contributed by atoms with Crippen LogP contribution in [0.5, 0.6) is 0 Å². The number of nitrogens with two attached hydrogens (primary N) is 1. The van der Waals surface area contributed by atoms with Gasteiger partial charge in [0.25, 0.3) is 5.91 Å². The maximum absolute atomic E-state index is 13.1. The van der Waals surface area contributed by atoms with Crippen LogP contribution in [-0.2, 0) is 6.54 Å². The van der Waals surface area contributed by atoms with E-state index >= 15 is 0 Å². The molecular formula is C21H30N6O2. The van der Waals surface area contributed by atoms with Gasteiger partial charge >= 0.3 is 0 Å². The van der Waals surface area contributed by atoms with Crippen LogP contribution in [0.15, 0.2) is 18.3 Å². The van der Waals surface area contributed by atoms with Crippen molar-refractivity contribution in [3.63, 3.8) is 0 Å². The lowest BCUT2D eigenvalue weighted by atomic mass is 10.1. The molecule has 3 heterocycles. The van der Waals surface area contributed by atoms with Crippen molar-refractivity contribution in [2.45, 2.75) is 46.6 Å². The van der Waals surface area contributed by atoms with Crippen LogP contribution in [0.2, 0.25) is 0 Å². The van der Waals surface area contributed by atoms with E-state index in [9.17, 15) is 9.59 Å². The van der Waals surface area contributed by atoms with Crippen LogP contribution >= 0.6 is 0 Å². The van der Waals surface area contributed by atoms with Gasteiger partial charge in [-0.2, -0.15) is 0 Å². The van der Waals surface area contributed by atoms with Crippen molar-refractivity contribution >= 4 is 17.8 Å². The molecule has 1 saturated heterocycles. The Morgan fingerprint density at radius 3 is 2.55 bits per heavy atom. The van der Waals surface area contributed by atoms with E-state index in [0.29, 0.717) is 24.3 Å². The highest BCUT2D eigenvalue weighted by molar-refractivity contribution is 5.98. The minimum absolute atomic E-state index is 0.179. The molecule has 29 heavy (non-hydrogen) atoms. The van der Waals surface area contributed by atoms with Crippen molar-refractivity contribution in [3.05, 3.63) is 41.0 Å². The molecular weight excluding hydrogens is 368 g/mol. The van der Waals surface area contributed by atoms with Crippen LogP contribution in [-0.4, -0.2) is 51.3 Å². The molecule has 8 heteroatoms. The number of hydrogen-bond donors (Lipinski definition) is 2. The summed E-state index contributed by atoms with van der Waals surface area (Å²) in [6.07, 6.45) is 5.01. The van der Waals surface area contributed by atoms with E-state index in [0.717, 1.165) is 43.3 Å². The van der Waals surface area contributed by atoms with E-state index in [-0.39, 0.29) is 11.8 Å². The molecule has 0 saturated carbocycles. The third-order valence-electron chi connectivity index (χ3n) is 4.96. The monoisotopic (exact) mass is 398 g/mol. The van der Waals surface area contributed by atoms with Crippen LogP contribution < -0.4 is 10.6 Å². The van der Waals surface area contributed by atoms with Crippen molar-refractivity contribution in [2.24, 2.45) is 11.7 Å². The van der Waals surface area contributed by atoms with Crippen LogP contribution in [0.3, 0.4) is 0 Å². The Kier molecular flexibility index (Phi) is 6.51. The molecule has 2 aromatic heterocycles. The Morgan fingerprint density at radius 2 is 1.93 bits per heavy atom. The zero-order valence-corrected chi connectivity index (χ0v) is 17.4. The quantitative estimate of drug-likeness (QED) is 0.745. The van der Waals surface area contributed by atoms with Gasteiger partial charge in [-0.3, -0.25) is 9.59 Å². The second-order valence-corrected chi connectivity index (χ2v) is 8.09. The van der Waals surface area contributed by atoms with Gasteiger partial charge in [0.15, 0.2) is 0 Å². The first-order chi connectivity index (χ1) is 13.8. The number of carbonyl (C=O) groups is 2. The fourth-order valence-corrected chi connectivity index (χ4v) is 3.62. The number of aromatic amines is 1. The van der Waals surface area contributed by atoms with Crippen molar-refractivity contribution in [1.82, 2.24) is 19.9 Å². The summed E-state index contributed by atoms with van der Waals surface area (Å²) in [6, 6.07) is 3.43. The topological polar surface area (TPSA) is 108 Å². The van der Waals surface area contributed by atoms with Crippen LogP contribution in [0.4, 0.5) is 5.95 Å². The van der Waals surface area contributed by atoms with Crippen LogP contribution in [0.25, 0.3) is 0 Å². The summed E-state index contributed by atoms with van der Waals surface area (Å²) in [4.78, 5) is 40.6. The minimum Gasteiger partial charge on any atom is -0.366 e. The van der Waals surface area contributed by atoms with Gasteiger partial charge in [0.05, 0.1) is 17.8 Å². The maximum Gasteiger partial charge on any atom is 0.270 e. The first-order valence-corrected chi connectivity index (χ1v) is 10.2. The summed E-state index contributed by atoms with van der Waals surface area (Å²) in [7, 11) is 0. The van der Waals surface area contributed by atoms with Crippen molar-refractivity contribution in [1.29, 1.82) is 0 Å². The highest BCUT2D eigenvalue weighted by atomic mass is 16.2. The number of nitrogens with zero attached hydrogens (tertiary/aromatic N) is 4. The highest BCUT2D eigenvalue weighted by Crippen LogP contribution is 2.18. The molecule has 156 valence electrons. The Morgan fingerprint density at radius 1 is 1.21 bits per heavy atom. The number of aryl methyl sites for hydroxylation is 1. The molecule has 0 bridgehead atoms. The first kappa shape index (κ1) is 20.8. The van der Waals surface area contributed by atoms with E-state index in [2.05, 4.69) is 28.7 Å². The van der Waals surface area contributed by atoms with Crippen LogP contribution in [0.1, 0.15) is 65.3 Å². The fraction of sp³-hybridized carbons (Fsp3) is 0.524. The number of aromatic nitrogens is 3. The summed E-state index contributed by atoms with van der Waals surface area (Å²) in [5.41, 5.74) is 7.66. The molecule has 1 aliphatic heterocycles. The van der Waals surface area contributed by atoms with Gasteiger partial charge in [-0.15, -0.1) is 0 Å². The normalized spacial score (nSPS) is 14.3. The van der Waals surface area contributed by atoms with Crippen molar-refractivity contribution in [3.8, 4) is 0 Å². The standard InChI is InChI=1S/C21H30N6O2/c1-14(2)12-27(20(29)18-10-16(11-23-18)19(22)28)13-17-9-15(3)24-21(25-17)26-7-5-4-6-8-26/h9-11,14,23H,4-8,12-13H2,1-3H3,(H2,22,28). The average molecular weight is 399 g/mol. The molecule has 2 amide bonds. The van der Waals surface area contributed by atoms with Gasteiger partial charge in [0, 0.05) is 31.5 Å². The number of hydrogen-bond acceptors (Lipinski definition) is 5. The SMILES string of the molecule is Cc1cc(CN(CC(C)C)C(=O)c2cc(C(N)=O)c[nH]2)nc(N2CCCCC2)n1. The van der Waals surface area contributed by atoms with Gasteiger partial charge in [0.1, 0.15) is 5.69 Å². The molecule has 0 spiro atoms. The zero-order chi connectivity index (χ0) is 21.0. The predicted molar refractivity (Wildman–Crippen MR) is 112 cm³/mol. The van der Waals surface area contributed by atoms with Gasteiger partial charge in [-0.05, 0) is 44.2 Å². The third kappa shape index (κ3) is 5.34. The summed E-state index contributed by atoms with van der Waals surface area (Å²) < 4.78 is 0. The zero-order valence-electron chi connectivity index (χ0n) is 17.4. The first-order valence-electron chi connectivity index (χ1n) is 10.2. The maximum atomic E-state index is 13.1. The second-order valence-electron chi connectivity index (χ2n) is 8.09. The van der Waals surface area contributed by atoms with Gasteiger partial charge < -0.3 is 20.5 Å². The van der Waals surface area contributed by atoms with E-state index in [1.54, 1.807) is 4.90 Å². The molecule has 1 fully saturated rings. The predicted octanol–water partition coefficient (Wildman–Crippen LogP) is 2.50. The van der Waals surface area contributed by atoms with Crippen molar-refractivity contribution < 1.29 is 9.59 Å². The molecule has 0 aromatic carbocycles. The van der Waals surface area contributed by atoms with E-state index in [4.69, 9.17) is 10.7 Å². The van der Waals surface area contributed by atoms with E-state index in [1.807, 2.05) is 13.0 Å². The highest BCUT2D eigenvalue weighted by Gasteiger charge is 2.22. The molecule has 1 aliphatic rings. The number of H-pyrrole nitrogens is 1. The minimum atomic E-state index is -0.562. The second kappa shape index (κ2) is 9.07. The van der Waals surface area contributed by atoms with E-state index < -0.39 is 5.91 Å². The van der Waals surface area contributed by atoms with Gasteiger partial charge in [0.2, 0.25) is 11.9 Å². The smallest absolute Gasteiger partial charge is 0.270 e. The number of primary amides is 1. The fourth-order valence-electron chi connectivity index (χ4n) is 3.62. The molecule has 2 aromatic rings. The lowest BCUT2D eigenvalue weighted by Crippen LogP contribution is -2.35. The molecule has 0 unspecified atom stereocenters. The summed E-state index contributed by atoms with van der Waals surface area (Å²) in [5, 5.41) is 0. The largest absolute Gasteiger partial charge is 0.366 e. The Bertz CT molecular complexity index is 870. The number of carbonyl (C=O) groups excluding carboxylic acids is 2. The van der Waals surface area contributed by atoms with Gasteiger partial charge in [-0.25, -0.2) is 9.97 Å². The van der Waals surface area contributed by atoms with E-state index in [1.165, 1.54) is 18.7 Å². The van der Waals surface area contributed by atoms with Crippen LogP contribution in [0, 0.1) is 12.8 Å². The molecule has 3 N–H and O–H groups in total. The summed E-state index contributed by atoms with van der Waals surface area (Å²) >= 11 is 0. The number of nitrogens with one attached hydrogen (secondary N) is 1. The average Bonchev–Trinajstić information content (AvgIpc) is 3.17. The molecule has 0 atom stereocenters. The number of amides is 2. The molecule has 0 radical (unpaired) electrons. The number of rotatable bonds is 7. The third-order valence-corrected chi connectivity index (χ3v) is 4.96. The molecule has 0 aliphatic carbocycles. The Hall–Kier alpha value is -2.90. The Balaban J connectivity index is 1.83. The lowest BCUT2D eigenvalue weighted by Gasteiger charge is -2.28. The Labute approximate surface area is 171 Å². The van der Waals surface area contributed by atoms with Crippen molar-refractivity contribution in [2.75, 3.05) is 24.5 Å². The van der Waals surface area contributed by atoms with Gasteiger partial charge in [-0.1, -0.05) is 13.8 Å². The number of anilines is 1. The summed E-state index contributed by atoms with van der Waals surface area (Å²) in [5.74, 6) is 0.289.